The molecule has 74 valence electrons. The number of ketones is 1. The highest BCUT2D eigenvalue weighted by atomic mass is 79.9. The zero-order valence-electron chi connectivity index (χ0n) is 6.87. The molecular weight excluding hydrogens is 318 g/mol. The third kappa shape index (κ3) is 2.39. The van der Waals surface area contributed by atoms with Gasteiger partial charge in [-0.2, -0.15) is 0 Å². The van der Waals surface area contributed by atoms with Gasteiger partial charge in [-0.3, -0.25) is 14.9 Å². The Morgan fingerprint density at radius 1 is 1.50 bits per heavy atom. The second kappa shape index (κ2) is 4.65. The summed E-state index contributed by atoms with van der Waals surface area (Å²) in [5, 5.41) is 10.7. The van der Waals surface area contributed by atoms with Gasteiger partial charge in [-0.1, -0.05) is 31.9 Å². The fourth-order valence-corrected chi connectivity index (χ4v) is 1.61. The molecule has 0 saturated heterocycles. The number of halogens is 2. The summed E-state index contributed by atoms with van der Waals surface area (Å²) < 4.78 is 0.579. The fourth-order valence-electron chi connectivity index (χ4n) is 0.964. The van der Waals surface area contributed by atoms with Crippen molar-refractivity contribution in [2.75, 3.05) is 5.33 Å². The lowest BCUT2D eigenvalue weighted by Crippen LogP contribution is -2.04. The Bertz CT molecular complexity index is 392. The minimum Gasteiger partial charge on any atom is -0.293 e. The Morgan fingerprint density at radius 3 is 2.64 bits per heavy atom. The van der Waals surface area contributed by atoms with Crippen LogP contribution in [0.3, 0.4) is 0 Å². The van der Waals surface area contributed by atoms with Crippen LogP contribution in [0.25, 0.3) is 0 Å². The summed E-state index contributed by atoms with van der Waals surface area (Å²) in [7, 11) is 0. The maximum atomic E-state index is 11.3. The van der Waals surface area contributed by atoms with Gasteiger partial charge in [0.1, 0.15) is 0 Å². The van der Waals surface area contributed by atoms with Crippen LogP contribution in [-0.4, -0.2) is 16.0 Å². The molecule has 0 unspecified atom stereocenters. The molecule has 0 N–H and O–H groups in total. The third-order valence-electron chi connectivity index (χ3n) is 1.58. The van der Waals surface area contributed by atoms with Gasteiger partial charge in [-0.15, -0.1) is 0 Å². The molecule has 0 spiro atoms. The van der Waals surface area contributed by atoms with Crippen LogP contribution in [0.15, 0.2) is 22.7 Å². The molecule has 0 radical (unpaired) electrons. The van der Waals surface area contributed by atoms with E-state index in [0.29, 0.717) is 4.47 Å². The molecule has 0 heterocycles. The summed E-state index contributed by atoms with van der Waals surface area (Å²) in [6.45, 7) is 0. The number of hydrogen-bond acceptors (Lipinski definition) is 3. The van der Waals surface area contributed by atoms with E-state index in [9.17, 15) is 14.9 Å². The van der Waals surface area contributed by atoms with Gasteiger partial charge in [0, 0.05) is 10.5 Å². The van der Waals surface area contributed by atoms with Gasteiger partial charge in [0.15, 0.2) is 5.78 Å². The number of nitro benzene ring substituents is 1. The quantitative estimate of drug-likeness (QED) is 0.372. The van der Waals surface area contributed by atoms with Crippen LogP contribution >= 0.6 is 31.9 Å². The van der Waals surface area contributed by atoms with Crippen LogP contribution in [0.1, 0.15) is 10.4 Å². The molecule has 0 bridgehead atoms. The van der Waals surface area contributed by atoms with Crippen LogP contribution in [0.4, 0.5) is 5.69 Å². The van der Waals surface area contributed by atoms with E-state index in [4.69, 9.17) is 0 Å². The standard InChI is InChI=1S/C8H5Br2NO3/c9-4-8(12)6-2-1-5(10)3-7(6)11(13)14/h1-3H,4H2. The molecule has 0 atom stereocenters. The first-order valence-corrected chi connectivity index (χ1v) is 5.51. The predicted molar refractivity (Wildman–Crippen MR) is 58.9 cm³/mol. The normalized spacial score (nSPS) is 9.86. The summed E-state index contributed by atoms with van der Waals surface area (Å²) in [5.41, 5.74) is -0.0566. The van der Waals surface area contributed by atoms with Crippen LogP contribution < -0.4 is 0 Å². The van der Waals surface area contributed by atoms with Gasteiger partial charge < -0.3 is 0 Å². The van der Waals surface area contributed by atoms with Crippen LogP contribution in [0, 0.1) is 10.1 Å². The molecule has 0 fully saturated rings. The molecule has 1 rings (SSSR count). The molecule has 14 heavy (non-hydrogen) atoms. The second-order valence-corrected chi connectivity index (χ2v) is 3.95. The largest absolute Gasteiger partial charge is 0.293 e. The van der Waals surface area contributed by atoms with Gasteiger partial charge in [0.2, 0.25) is 0 Å². The van der Waals surface area contributed by atoms with E-state index in [0.717, 1.165) is 0 Å². The average Bonchev–Trinajstić information content (AvgIpc) is 2.16. The van der Waals surface area contributed by atoms with E-state index >= 15 is 0 Å². The van der Waals surface area contributed by atoms with Crippen molar-refractivity contribution in [3.8, 4) is 0 Å². The van der Waals surface area contributed by atoms with Gasteiger partial charge in [0.25, 0.3) is 5.69 Å². The molecule has 1 aromatic rings. The van der Waals surface area contributed by atoms with E-state index in [1.54, 1.807) is 6.07 Å². The van der Waals surface area contributed by atoms with Crippen molar-refractivity contribution in [1.29, 1.82) is 0 Å². The van der Waals surface area contributed by atoms with Gasteiger partial charge in [-0.05, 0) is 12.1 Å². The smallest absolute Gasteiger partial charge is 0.281 e. The Hall–Kier alpha value is -0.750. The number of Topliss-reactive ketones (excluding diaryl/α,β-unsaturated/α-hetero) is 1. The molecule has 0 aliphatic heterocycles. The maximum absolute atomic E-state index is 11.3. The summed E-state index contributed by atoms with van der Waals surface area (Å²) in [5.74, 6) is -0.302. The van der Waals surface area contributed by atoms with Crippen LogP contribution in [-0.2, 0) is 0 Å². The lowest BCUT2D eigenvalue weighted by atomic mass is 10.1. The van der Waals surface area contributed by atoms with Crippen LogP contribution in [0.5, 0.6) is 0 Å². The topological polar surface area (TPSA) is 60.2 Å². The first-order valence-electron chi connectivity index (χ1n) is 3.59. The highest BCUT2D eigenvalue weighted by molar-refractivity contribution is 9.10. The zero-order valence-corrected chi connectivity index (χ0v) is 10.0. The van der Waals surface area contributed by atoms with E-state index in [-0.39, 0.29) is 22.4 Å². The summed E-state index contributed by atoms with van der Waals surface area (Å²) in [6, 6.07) is 4.35. The lowest BCUT2D eigenvalue weighted by Gasteiger charge is -1.99. The number of alkyl halides is 1. The molecule has 0 amide bonds. The Balaban J connectivity index is 3.28. The van der Waals surface area contributed by atoms with Crippen molar-refractivity contribution in [3.63, 3.8) is 0 Å². The Labute approximate surface area is 96.7 Å². The van der Waals surface area contributed by atoms with Gasteiger partial charge in [0.05, 0.1) is 15.8 Å². The zero-order chi connectivity index (χ0) is 10.7. The van der Waals surface area contributed by atoms with E-state index in [1.807, 2.05) is 0 Å². The highest BCUT2D eigenvalue weighted by Gasteiger charge is 2.18. The Morgan fingerprint density at radius 2 is 2.14 bits per heavy atom. The van der Waals surface area contributed by atoms with Gasteiger partial charge in [-0.25, -0.2) is 0 Å². The first-order chi connectivity index (χ1) is 6.56. The molecule has 0 saturated carbocycles. The molecule has 1 aromatic carbocycles. The number of nitrogens with zero attached hydrogens (tertiary/aromatic N) is 1. The number of rotatable bonds is 3. The van der Waals surface area contributed by atoms with Crippen molar-refractivity contribution < 1.29 is 9.72 Å². The van der Waals surface area contributed by atoms with Crippen molar-refractivity contribution in [1.82, 2.24) is 0 Å². The summed E-state index contributed by atoms with van der Waals surface area (Å²) in [6.07, 6.45) is 0. The minimum absolute atomic E-state index is 0.0788. The van der Waals surface area contributed by atoms with Gasteiger partial charge >= 0.3 is 0 Å². The minimum atomic E-state index is -0.569. The molecule has 0 aliphatic rings. The molecule has 4 nitrogen and oxygen atoms in total. The third-order valence-corrected chi connectivity index (χ3v) is 2.58. The van der Waals surface area contributed by atoms with Crippen molar-refractivity contribution in [3.05, 3.63) is 38.3 Å². The molecule has 6 heteroatoms. The fraction of sp³-hybridized carbons (Fsp3) is 0.125. The van der Waals surface area contributed by atoms with E-state index in [1.165, 1.54) is 12.1 Å². The highest BCUT2D eigenvalue weighted by Crippen LogP contribution is 2.24. The second-order valence-electron chi connectivity index (χ2n) is 2.48. The summed E-state index contributed by atoms with van der Waals surface area (Å²) >= 11 is 6.08. The van der Waals surface area contributed by atoms with Crippen molar-refractivity contribution in [2.45, 2.75) is 0 Å². The van der Waals surface area contributed by atoms with Crippen LogP contribution in [0.2, 0.25) is 0 Å². The molecular formula is C8H5Br2NO3. The van der Waals surface area contributed by atoms with E-state index in [2.05, 4.69) is 31.9 Å². The molecule has 0 aliphatic carbocycles. The number of benzene rings is 1. The van der Waals surface area contributed by atoms with E-state index < -0.39 is 4.92 Å². The van der Waals surface area contributed by atoms with Crippen molar-refractivity contribution in [2.24, 2.45) is 0 Å². The average molecular weight is 323 g/mol. The monoisotopic (exact) mass is 321 g/mol. The number of hydrogen-bond donors (Lipinski definition) is 0. The molecule has 0 aromatic heterocycles. The number of carbonyl (C=O) groups excluding carboxylic acids is 1. The number of nitro groups is 1. The SMILES string of the molecule is O=C(CBr)c1ccc(Br)cc1[N+](=O)[O-]. The van der Waals surface area contributed by atoms with Crippen molar-refractivity contribution >= 4 is 43.3 Å². The maximum Gasteiger partial charge on any atom is 0.281 e. The Kier molecular flexibility index (Phi) is 3.77. The first kappa shape index (κ1) is 11.3. The predicted octanol–water partition coefficient (Wildman–Crippen LogP) is 2.93. The number of carbonyl (C=O) groups is 1. The lowest BCUT2D eigenvalue weighted by molar-refractivity contribution is -0.385. The summed E-state index contributed by atoms with van der Waals surface area (Å²) in [4.78, 5) is 21.3.